The minimum atomic E-state index is 0.739. The second kappa shape index (κ2) is 7.97. The molecule has 0 aliphatic carbocycles. The number of nitrogens with zero attached hydrogens (tertiary/aromatic N) is 6. The first-order chi connectivity index (χ1) is 14.9. The van der Waals surface area contributed by atoms with Gasteiger partial charge >= 0.3 is 0 Å². The highest BCUT2D eigenvalue weighted by Gasteiger charge is 2.19. The van der Waals surface area contributed by atoms with Gasteiger partial charge in [0, 0.05) is 71.8 Å². The van der Waals surface area contributed by atoms with Crippen molar-refractivity contribution in [2.24, 2.45) is 0 Å². The van der Waals surface area contributed by atoms with E-state index < -0.39 is 0 Å². The lowest BCUT2D eigenvalue weighted by molar-refractivity contribution is 1.18. The third kappa shape index (κ3) is 3.42. The first kappa shape index (κ1) is 17.8. The van der Waals surface area contributed by atoms with Crippen LogP contribution in [0.1, 0.15) is 0 Å². The Morgan fingerprint density at radius 1 is 0.367 bits per heavy atom. The fourth-order valence-electron chi connectivity index (χ4n) is 3.25. The van der Waals surface area contributed by atoms with E-state index >= 15 is 0 Å². The van der Waals surface area contributed by atoms with Gasteiger partial charge in [-0.05, 0) is 48.5 Å². The summed E-state index contributed by atoms with van der Waals surface area (Å²) >= 11 is 0. The summed E-state index contributed by atoms with van der Waals surface area (Å²) in [5, 5.41) is 0. The smallest absolute Gasteiger partial charge is 0.0989 e. The Hall–Kier alpha value is -4.32. The predicted octanol–water partition coefficient (Wildman–Crippen LogP) is 4.72. The number of aromatic nitrogens is 6. The maximum absolute atomic E-state index is 5.07. The van der Waals surface area contributed by atoms with Crippen molar-refractivity contribution in [1.82, 2.24) is 29.9 Å². The Labute approximate surface area is 173 Å². The zero-order chi connectivity index (χ0) is 20.2. The van der Waals surface area contributed by atoms with Crippen molar-refractivity contribution in [3.8, 4) is 45.0 Å². The average molecular weight is 388 g/mol. The summed E-state index contributed by atoms with van der Waals surface area (Å²) in [6.07, 6.45) is 14.1. The van der Waals surface area contributed by atoms with E-state index in [1.165, 1.54) is 0 Å². The normalized spacial score (nSPS) is 10.7. The van der Waals surface area contributed by atoms with Crippen LogP contribution < -0.4 is 0 Å². The van der Waals surface area contributed by atoms with Crippen molar-refractivity contribution in [2.45, 2.75) is 0 Å². The number of pyridine rings is 4. The molecule has 5 aromatic heterocycles. The highest BCUT2D eigenvalue weighted by atomic mass is 14.9. The molecule has 6 nitrogen and oxygen atoms in total. The molecule has 0 aliphatic heterocycles. The molecule has 0 saturated carbocycles. The molecule has 0 fully saturated rings. The zero-order valence-electron chi connectivity index (χ0n) is 15.9. The van der Waals surface area contributed by atoms with Crippen molar-refractivity contribution in [3.05, 3.63) is 98.1 Å². The minimum Gasteiger partial charge on any atom is -0.264 e. The van der Waals surface area contributed by atoms with E-state index in [4.69, 9.17) is 9.97 Å². The SMILES string of the molecule is c1cncc(-c2nc(-c3cccnc3)c(-c3cccnc3)nc2-c2cccnc2)c1. The van der Waals surface area contributed by atoms with Crippen molar-refractivity contribution in [3.63, 3.8) is 0 Å². The van der Waals surface area contributed by atoms with Crippen molar-refractivity contribution in [1.29, 1.82) is 0 Å². The molecule has 30 heavy (non-hydrogen) atoms. The zero-order valence-corrected chi connectivity index (χ0v) is 15.9. The van der Waals surface area contributed by atoms with Crippen molar-refractivity contribution >= 4 is 0 Å². The molecule has 5 heterocycles. The summed E-state index contributed by atoms with van der Waals surface area (Å²) in [7, 11) is 0. The van der Waals surface area contributed by atoms with Gasteiger partial charge in [-0.2, -0.15) is 0 Å². The molecule has 142 valence electrons. The lowest BCUT2D eigenvalue weighted by atomic mass is 10.0. The van der Waals surface area contributed by atoms with Gasteiger partial charge in [0.15, 0.2) is 0 Å². The van der Waals surface area contributed by atoms with E-state index in [0.717, 1.165) is 45.0 Å². The highest BCUT2D eigenvalue weighted by molar-refractivity contribution is 5.85. The van der Waals surface area contributed by atoms with Gasteiger partial charge in [0.25, 0.3) is 0 Å². The maximum Gasteiger partial charge on any atom is 0.0989 e. The fraction of sp³-hybridized carbons (Fsp3) is 0. The predicted molar refractivity (Wildman–Crippen MR) is 115 cm³/mol. The van der Waals surface area contributed by atoms with Gasteiger partial charge in [-0.1, -0.05) is 0 Å². The number of rotatable bonds is 4. The lowest BCUT2D eigenvalue weighted by Crippen LogP contribution is -2.01. The molecule has 0 unspecified atom stereocenters. The van der Waals surface area contributed by atoms with Crippen LogP contribution in [0.3, 0.4) is 0 Å². The van der Waals surface area contributed by atoms with Crippen LogP contribution in [-0.4, -0.2) is 29.9 Å². The summed E-state index contributed by atoms with van der Waals surface area (Å²) in [5.41, 5.74) is 6.48. The third-order valence-corrected chi connectivity index (χ3v) is 4.64. The number of hydrogen-bond acceptors (Lipinski definition) is 6. The summed E-state index contributed by atoms with van der Waals surface area (Å²) in [4.78, 5) is 27.2. The third-order valence-electron chi connectivity index (χ3n) is 4.64. The topological polar surface area (TPSA) is 77.3 Å². The maximum atomic E-state index is 5.07. The van der Waals surface area contributed by atoms with Crippen LogP contribution in [0.2, 0.25) is 0 Å². The van der Waals surface area contributed by atoms with E-state index in [-0.39, 0.29) is 0 Å². The van der Waals surface area contributed by atoms with E-state index in [0.29, 0.717) is 0 Å². The second-order valence-corrected chi connectivity index (χ2v) is 6.58. The van der Waals surface area contributed by atoms with E-state index in [2.05, 4.69) is 19.9 Å². The van der Waals surface area contributed by atoms with Crippen LogP contribution in [0.5, 0.6) is 0 Å². The van der Waals surface area contributed by atoms with Gasteiger partial charge < -0.3 is 0 Å². The summed E-state index contributed by atoms with van der Waals surface area (Å²) in [5.74, 6) is 0. The molecule has 0 aromatic carbocycles. The molecule has 5 aromatic rings. The van der Waals surface area contributed by atoms with Gasteiger partial charge in [0.05, 0.1) is 22.8 Å². The molecule has 0 saturated heterocycles. The molecule has 5 rings (SSSR count). The van der Waals surface area contributed by atoms with Crippen LogP contribution in [0.15, 0.2) is 98.1 Å². The van der Waals surface area contributed by atoms with E-state index in [1.807, 2.05) is 48.5 Å². The first-order valence-electron chi connectivity index (χ1n) is 9.44. The summed E-state index contributed by atoms with van der Waals surface area (Å²) in [6, 6.07) is 15.5. The van der Waals surface area contributed by atoms with Crippen LogP contribution in [0.25, 0.3) is 45.0 Å². The quantitative estimate of drug-likeness (QED) is 0.443. The Morgan fingerprint density at radius 2 is 0.633 bits per heavy atom. The van der Waals surface area contributed by atoms with Gasteiger partial charge in [0.2, 0.25) is 0 Å². The van der Waals surface area contributed by atoms with Crippen LogP contribution in [0, 0.1) is 0 Å². The Kier molecular flexibility index (Phi) is 4.72. The largest absolute Gasteiger partial charge is 0.264 e. The lowest BCUT2D eigenvalue weighted by Gasteiger charge is -2.15. The molecule has 0 spiro atoms. The molecular formula is C24H16N6. The van der Waals surface area contributed by atoms with E-state index in [1.54, 1.807) is 49.6 Å². The minimum absolute atomic E-state index is 0.739. The summed E-state index contributed by atoms with van der Waals surface area (Å²) in [6.45, 7) is 0. The van der Waals surface area contributed by atoms with Gasteiger partial charge in [-0.3, -0.25) is 19.9 Å². The standard InChI is InChI=1S/C24H16N6/c1-5-17(13-25-9-1)21-22(18-6-2-10-26-14-18)30-24(20-8-4-12-28-16-20)23(29-21)19-7-3-11-27-15-19/h1-16H. The van der Waals surface area contributed by atoms with Gasteiger partial charge in [-0.15, -0.1) is 0 Å². The van der Waals surface area contributed by atoms with Crippen LogP contribution in [-0.2, 0) is 0 Å². The molecule has 6 heteroatoms. The fourth-order valence-corrected chi connectivity index (χ4v) is 3.25. The molecule has 0 atom stereocenters. The first-order valence-corrected chi connectivity index (χ1v) is 9.44. The molecule has 0 aliphatic rings. The van der Waals surface area contributed by atoms with Crippen molar-refractivity contribution < 1.29 is 0 Å². The molecule has 0 amide bonds. The highest BCUT2D eigenvalue weighted by Crippen LogP contribution is 2.36. The Bertz CT molecular complexity index is 1060. The molecule has 0 bridgehead atoms. The monoisotopic (exact) mass is 388 g/mol. The molecule has 0 radical (unpaired) electrons. The Balaban J connectivity index is 1.85. The van der Waals surface area contributed by atoms with Gasteiger partial charge in [-0.25, -0.2) is 9.97 Å². The Morgan fingerprint density at radius 3 is 0.833 bits per heavy atom. The van der Waals surface area contributed by atoms with E-state index in [9.17, 15) is 0 Å². The molecule has 0 N–H and O–H groups in total. The average Bonchev–Trinajstić information content (AvgIpc) is 2.85. The van der Waals surface area contributed by atoms with Crippen LogP contribution >= 0.6 is 0 Å². The van der Waals surface area contributed by atoms with Crippen LogP contribution in [0.4, 0.5) is 0 Å². The molecular weight excluding hydrogens is 372 g/mol. The van der Waals surface area contributed by atoms with Crippen molar-refractivity contribution in [2.75, 3.05) is 0 Å². The second-order valence-electron chi connectivity index (χ2n) is 6.58. The summed E-state index contributed by atoms with van der Waals surface area (Å²) < 4.78 is 0. The number of hydrogen-bond donors (Lipinski definition) is 0. The van der Waals surface area contributed by atoms with Gasteiger partial charge in [0.1, 0.15) is 0 Å².